The molecule has 0 aliphatic heterocycles. The van der Waals surface area contributed by atoms with Crippen LogP contribution in [-0.4, -0.2) is 28.7 Å². The molecule has 1 aromatic heterocycles. The normalized spacial score (nSPS) is 35.8. The number of fused-ring (bicyclic) bond motifs is 5. The fraction of sp³-hybridized carbons (Fsp3) is 0.655. The molecule has 6 nitrogen and oxygen atoms in total. The number of nitrogens with zero attached hydrogens (tertiary/aromatic N) is 1. The molecule has 1 aromatic rings. The van der Waals surface area contributed by atoms with E-state index in [-0.39, 0.29) is 41.7 Å². The van der Waals surface area contributed by atoms with Crippen molar-refractivity contribution in [2.24, 2.45) is 28.6 Å². The van der Waals surface area contributed by atoms with Gasteiger partial charge >= 0.3 is 5.97 Å². The zero-order valence-electron chi connectivity index (χ0n) is 21.1. The quantitative estimate of drug-likeness (QED) is 0.587. The highest BCUT2D eigenvalue weighted by atomic mass is 16.5. The van der Waals surface area contributed by atoms with Gasteiger partial charge in [-0.15, -0.1) is 0 Å². The maximum absolute atomic E-state index is 12.7. The predicted octanol–water partition coefficient (Wildman–Crippen LogP) is 4.92. The van der Waals surface area contributed by atoms with Crippen LogP contribution in [0.5, 0.6) is 0 Å². The first kappa shape index (κ1) is 24.2. The zero-order chi connectivity index (χ0) is 24.6. The minimum absolute atomic E-state index is 0.0153. The van der Waals surface area contributed by atoms with Crippen LogP contribution in [-0.2, 0) is 25.7 Å². The van der Waals surface area contributed by atoms with Gasteiger partial charge in [0.2, 0.25) is 5.91 Å². The molecule has 1 N–H and O–H groups in total. The highest BCUT2D eigenvalue weighted by Gasteiger charge is 2.59. The van der Waals surface area contributed by atoms with Gasteiger partial charge in [0.25, 0.3) is 0 Å². The van der Waals surface area contributed by atoms with E-state index in [4.69, 9.17) is 4.74 Å². The Hall–Kier alpha value is -2.50. The summed E-state index contributed by atoms with van der Waals surface area (Å²) in [6, 6.07) is 3.74. The van der Waals surface area contributed by atoms with Crippen LogP contribution < -0.4 is 5.32 Å². The zero-order valence-corrected chi connectivity index (χ0v) is 21.1. The van der Waals surface area contributed by atoms with Crippen LogP contribution in [0.1, 0.15) is 83.6 Å². The lowest BCUT2D eigenvalue weighted by Crippen LogP contribution is -2.51. The summed E-state index contributed by atoms with van der Waals surface area (Å²) in [6.07, 6.45) is 13.7. The summed E-state index contributed by atoms with van der Waals surface area (Å²) in [5.74, 6) is 1.74. The molecule has 4 aliphatic rings. The van der Waals surface area contributed by atoms with Gasteiger partial charge in [-0.25, -0.2) is 0 Å². The van der Waals surface area contributed by atoms with Gasteiger partial charge in [-0.1, -0.05) is 25.5 Å². The third kappa shape index (κ3) is 4.56. The number of amides is 1. The van der Waals surface area contributed by atoms with E-state index in [2.05, 4.69) is 24.1 Å². The molecular formula is C29H38N2O4. The summed E-state index contributed by atoms with van der Waals surface area (Å²) in [4.78, 5) is 41.0. The number of nitrogens with one attached hydrogen (secondary N) is 1. The molecule has 35 heavy (non-hydrogen) atoms. The van der Waals surface area contributed by atoms with E-state index >= 15 is 0 Å². The minimum Gasteiger partial charge on any atom is -0.462 e. The Morgan fingerprint density at radius 2 is 1.94 bits per heavy atom. The SMILES string of the molecule is C[C@]12CC[C@H]3[C@@H](CCC4=CC(=O)CC[C@@]43C)[C@@H]1CC[C@H]2OC(=O)CCC(=O)NCc1cccnc1. The van der Waals surface area contributed by atoms with Gasteiger partial charge in [0.05, 0.1) is 6.42 Å². The topological polar surface area (TPSA) is 85.4 Å². The van der Waals surface area contributed by atoms with Crippen LogP contribution in [0.3, 0.4) is 0 Å². The molecule has 6 heteroatoms. The van der Waals surface area contributed by atoms with Gasteiger partial charge in [-0.3, -0.25) is 19.4 Å². The highest BCUT2D eigenvalue weighted by Crippen LogP contribution is 2.65. The lowest BCUT2D eigenvalue weighted by molar-refractivity contribution is -0.160. The molecule has 188 valence electrons. The lowest BCUT2D eigenvalue weighted by Gasteiger charge is -2.57. The molecule has 1 heterocycles. The molecule has 0 unspecified atom stereocenters. The van der Waals surface area contributed by atoms with E-state index in [1.807, 2.05) is 18.2 Å². The first-order valence-corrected chi connectivity index (χ1v) is 13.4. The Morgan fingerprint density at radius 3 is 2.74 bits per heavy atom. The van der Waals surface area contributed by atoms with Gasteiger partial charge in [-0.2, -0.15) is 0 Å². The van der Waals surface area contributed by atoms with E-state index < -0.39 is 0 Å². The molecule has 0 saturated heterocycles. The average molecular weight is 479 g/mol. The summed E-state index contributed by atoms with van der Waals surface area (Å²) in [5, 5.41) is 2.85. The van der Waals surface area contributed by atoms with Crippen molar-refractivity contribution in [2.75, 3.05) is 0 Å². The number of ether oxygens (including phenoxy) is 1. The van der Waals surface area contributed by atoms with Crippen molar-refractivity contribution >= 4 is 17.7 Å². The van der Waals surface area contributed by atoms with Crippen molar-refractivity contribution < 1.29 is 19.1 Å². The summed E-state index contributed by atoms with van der Waals surface area (Å²) in [6.45, 7) is 5.14. The molecular weight excluding hydrogens is 440 g/mol. The van der Waals surface area contributed by atoms with Gasteiger partial charge in [0, 0.05) is 37.2 Å². The maximum atomic E-state index is 12.7. The van der Waals surface area contributed by atoms with Crippen LogP contribution >= 0.6 is 0 Å². The first-order chi connectivity index (χ1) is 16.8. The number of carbonyl (C=O) groups excluding carboxylic acids is 3. The standard InChI is InChI=1S/C29H38N2O4/c1-28-13-11-21(32)16-20(28)5-6-22-23-7-8-25(29(23,2)14-12-24(22)28)35-27(34)10-9-26(33)31-18-19-4-3-15-30-17-19/h3-4,15-17,22-25H,5-14,18H2,1-2H3,(H,31,33)/t22-,23-,24-,25+,28-,29-/m0/s1. The number of esters is 1. The van der Waals surface area contributed by atoms with E-state index in [0.717, 1.165) is 50.5 Å². The average Bonchev–Trinajstić information content (AvgIpc) is 3.18. The molecule has 6 atom stereocenters. The first-order valence-electron chi connectivity index (χ1n) is 13.4. The lowest BCUT2D eigenvalue weighted by atomic mass is 9.47. The molecule has 3 saturated carbocycles. The Kier molecular flexibility index (Phi) is 6.58. The van der Waals surface area contributed by atoms with Crippen molar-refractivity contribution in [1.29, 1.82) is 0 Å². The van der Waals surface area contributed by atoms with Crippen molar-refractivity contribution in [3.63, 3.8) is 0 Å². The van der Waals surface area contributed by atoms with Gasteiger partial charge < -0.3 is 10.1 Å². The minimum atomic E-state index is -0.262. The molecule has 0 aromatic carbocycles. The fourth-order valence-corrected chi connectivity index (χ4v) is 7.93. The fourth-order valence-electron chi connectivity index (χ4n) is 7.93. The van der Waals surface area contributed by atoms with Crippen molar-refractivity contribution in [3.8, 4) is 0 Å². The van der Waals surface area contributed by atoms with Crippen LogP contribution in [0.2, 0.25) is 0 Å². The molecule has 0 bridgehead atoms. The Balaban J connectivity index is 1.16. The largest absolute Gasteiger partial charge is 0.462 e. The number of allylic oxidation sites excluding steroid dienone is 1. The number of rotatable bonds is 6. The Morgan fingerprint density at radius 1 is 1.09 bits per heavy atom. The van der Waals surface area contributed by atoms with E-state index in [1.54, 1.807) is 12.4 Å². The van der Waals surface area contributed by atoms with Gasteiger partial charge in [-0.05, 0) is 85.8 Å². The number of aromatic nitrogens is 1. The Bertz CT molecular complexity index is 1020. The van der Waals surface area contributed by atoms with Crippen molar-refractivity contribution in [1.82, 2.24) is 10.3 Å². The second-order valence-corrected chi connectivity index (χ2v) is 11.7. The Labute approximate surface area is 208 Å². The molecule has 3 fully saturated rings. The monoisotopic (exact) mass is 478 g/mol. The molecule has 1 amide bonds. The molecule has 5 rings (SSSR count). The van der Waals surface area contributed by atoms with E-state index in [1.165, 1.54) is 5.57 Å². The number of carbonyl (C=O) groups is 3. The number of hydrogen-bond donors (Lipinski definition) is 1. The van der Waals surface area contributed by atoms with Crippen LogP contribution in [0.25, 0.3) is 0 Å². The van der Waals surface area contributed by atoms with Gasteiger partial charge in [0.1, 0.15) is 6.10 Å². The summed E-state index contributed by atoms with van der Waals surface area (Å²) in [7, 11) is 0. The summed E-state index contributed by atoms with van der Waals surface area (Å²) in [5.41, 5.74) is 2.50. The highest BCUT2D eigenvalue weighted by molar-refractivity contribution is 5.91. The smallest absolute Gasteiger partial charge is 0.306 e. The van der Waals surface area contributed by atoms with Crippen LogP contribution in [0.15, 0.2) is 36.2 Å². The van der Waals surface area contributed by atoms with E-state index in [9.17, 15) is 14.4 Å². The van der Waals surface area contributed by atoms with Crippen LogP contribution in [0, 0.1) is 28.6 Å². The van der Waals surface area contributed by atoms with Crippen molar-refractivity contribution in [2.45, 2.75) is 90.7 Å². The predicted molar refractivity (Wildman–Crippen MR) is 132 cm³/mol. The van der Waals surface area contributed by atoms with Crippen LogP contribution in [0.4, 0.5) is 0 Å². The number of ketones is 1. The number of hydrogen-bond acceptors (Lipinski definition) is 5. The van der Waals surface area contributed by atoms with Gasteiger partial charge in [0.15, 0.2) is 5.78 Å². The summed E-state index contributed by atoms with van der Waals surface area (Å²) < 4.78 is 6.04. The third-order valence-corrected chi connectivity index (χ3v) is 9.92. The van der Waals surface area contributed by atoms with Crippen molar-refractivity contribution in [3.05, 3.63) is 41.7 Å². The summed E-state index contributed by atoms with van der Waals surface area (Å²) >= 11 is 0. The number of pyridine rings is 1. The third-order valence-electron chi connectivity index (χ3n) is 9.92. The molecule has 0 spiro atoms. The second-order valence-electron chi connectivity index (χ2n) is 11.7. The second kappa shape index (κ2) is 9.51. The maximum Gasteiger partial charge on any atom is 0.306 e. The van der Waals surface area contributed by atoms with E-state index in [0.29, 0.717) is 36.5 Å². The molecule has 4 aliphatic carbocycles. The molecule has 0 radical (unpaired) electrons.